The smallest absolute Gasteiger partial charge is 0.135 e. The molecule has 1 atom stereocenters. The lowest BCUT2D eigenvalue weighted by molar-refractivity contribution is 0.265. The Balaban J connectivity index is 2.18. The summed E-state index contributed by atoms with van der Waals surface area (Å²) >= 11 is 0. The fourth-order valence-electron chi connectivity index (χ4n) is 1.52. The van der Waals surface area contributed by atoms with Crippen LogP contribution in [-0.4, -0.2) is 12.1 Å². The van der Waals surface area contributed by atoms with Gasteiger partial charge in [-0.3, -0.25) is 0 Å². The lowest BCUT2D eigenvalue weighted by atomic mass is 10.1. The SMILES string of the molecule is CC(N)(C#N)COc1ccc2ccccc2c1. The fraction of sp³-hybridized carbons (Fsp3) is 0.214. The molecule has 2 rings (SSSR count). The number of rotatable bonds is 3. The van der Waals surface area contributed by atoms with Crippen LogP contribution in [0.3, 0.4) is 0 Å². The summed E-state index contributed by atoms with van der Waals surface area (Å²) in [4.78, 5) is 0. The predicted molar refractivity (Wildman–Crippen MR) is 67.6 cm³/mol. The van der Waals surface area contributed by atoms with Crippen molar-refractivity contribution >= 4 is 10.8 Å². The molecule has 0 bridgehead atoms. The van der Waals surface area contributed by atoms with Gasteiger partial charge in [0.1, 0.15) is 17.9 Å². The van der Waals surface area contributed by atoms with Crippen molar-refractivity contribution in [2.75, 3.05) is 6.61 Å². The van der Waals surface area contributed by atoms with Crippen molar-refractivity contribution in [3.63, 3.8) is 0 Å². The van der Waals surface area contributed by atoms with Crippen molar-refractivity contribution < 1.29 is 4.74 Å². The molecule has 0 spiro atoms. The van der Waals surface area contributed by atoms with Crippen molar-refractivity contribution in [2.24, 2.45) is 5.73 Å². The first-order valence-electron chi connectivity index (χ1n) is 5.42. The minimum atomic E-state index is -0.953. The van der Waals surface area contributed by atoms with Crippen molar-refractivity contribution in [3.8, 4) is 11.8 Å². The summed E-state index contributed by atoms with van der Waals surface area (Å²) in [5.41, 5.74) is 4.74. The number of fused-ring (bicyclic) bond motifs is 1. The third-order valence-corrected chi connectivity index (χ3v) is 2.52. The van der Waals surface area contributed by atoms with Crippen molar-refractivity contribution in [1.29, 1.82) is 5.26 Å². The number of hydrogen-bond donors (Lipinski definition) is 1. The molecule has 3 nitrogen and oxygen atoms in total. The Bertz CT molecular complexity index is 570. The molecule has 0 saturated heterocycles. The zero-order valence-corrected chi connectivity index (χ0v) is 9.68. The highest BCUT2D eigenvalue weighted by molar-refractivity contribution is 5.83. The largest absolute Gasteiger partial charge is 0.491 e. The quantitative estimate of drug-likeness (QED) is 0.874. The second-order valence-corrected chi connectivity index (χ2v) is 4.33. The van der Waals surface area contributed by atoms with Crippen molar-refractivity contribution in [2.45, 2.75) is 12.5 Å². The van der Waals surface area contributed by atoms with Gasteiger partial charge in [0.15, 0.2) is 0 Å². The van der Waals surface area contributed by atoms with Crippen LogP contribution in [0.25, 0.3) is 10.8 Å². The van der Waals surface area contributed by atoms with E-state index in [1.165, 1.54) is 0 Å². The molecule has 0 radical (unpaired) electrons. The standard InChI is InChI=1S/C14H14N2O/c1-14(16,9-15)10-17-13-7-6-11-4-2-3-5-12(11)8-13/h2-8H,10,16H2,1H3. The average molecular weight is 226 g/mol. The molecule has 3 heteroatoms. The second kappa shape index (κ2) is 4.44. The first-order chi connectivity index (χ1) is 8.11. The summed E-state index contributed by atoms with van der Waals surface area (Å²) in [6, 6.07) is 15.9. The van der Waals surface area contributed by atoms with Gasteiger partial charge in [0, 0.05) is 0 Å². The zero-order chi connectivity index (χ0) is 12.3. The molecule has 17 heavy (non-hydrogen) atoms. The highest BCUT2D eigenvalue weighted by atomic mass is 16.5. The molecule has 0 fully saturated rings. The van der Waals surface area contributed by atoms with Crippen LogP contribution in [0.1, 0.15) is 6.92 Å². The van der Waals surface area contributed by atoms with Crippen LogP contribution in [-0.2, 0) is 0 Å². The Morgan fingerprint density at radius 2 is 1.94 bits per heavy atom. The second-order valence-electron chi connectivity index (χ2n) is 4.33. The van der Waals surface area contributed by atoms with Crippen LogP contribution in [0.15, 0.2) is 42.5 Å². The highest BCUT2D eigenvalue weighted by Gasteiger charge is 2.18. The first-order valence-corrected chi connectivity index (χ1v) is 5.42. The van der Waals surface area contributed by atoms with Gasteiger partial charge in [-0.15, -0.1) is 0 Å². The van der Waals surface area contributed by atoms with Gasteiger partial charge in [-0.2, -0.15) is 5.26 Å². The summed E-state index contributed by atoms with van der Waals surface area (Å²) in [6.45, 7) is 1.83. The number of benzene rings is 2. The number of nitrogens with two attached hydrogens (primary N) is 1. The molecular formula is C14H14N2O. The van der Waals surface area contributed by atoms with Gasteiger partial charge in [0.2, 0.25) is 0 Å². The zero-order valence-electron chi connectivity index (χ0n) is 9.68. The molecule has 0 amide bonds. The fourth-order valence-corrected chi connectivity index (χ4v) is 1.52. The lowest BCUT2D eigenvalue weighted by Crippen LogP contribution is -2.40. The molecular weight excluding hydrogens is 212 g/mol. The predicted octanol–water partition coefficient (Wildman–Crippen LogP) is 2.46. The summed E-state index contributed by atoms with van der Waals surface area (Å²) < 4.78 is 5.52. The molecule has 0 aliphatic rings. The molecule has 2 aromatic carbocycles. The number of nitrogens with zero attached hydrogens (tertiary/aromatic N) is 1. The Labute approximate surface area is 100 Å². The molecule has 0 aliphatic carbocycles. The maximum atomic E-state index is 8.79. The molecule has 0 saturated carbocycles. The molecule has 2 aromatic rings. The van der Waals surface area contributed by atoms with E-state index in [1.807, 2.05) is 48.5 Å². The van der Waals surface area contributed by atoms with Gasteiger partial charge in [-0.05, 0) is 29.8 Å². The summed E-state index contributed by atoms with van der Waals surface area (Å²) in [6.07, 6.45) is 0. The minimum Gasteiger partial charge on any atom is -0.491 e. The first kappa shape index (κ1) is 11.4. The Hall–Kier alpha value is -2.05. The van der Waals surface area contributed by atoms with Crippen LogP contribution in [0.5, 0.6) is 5.75 Å². The number of ether oxygens (including phenoxy) is 1. The summed E-state index contributed by atoms with van der Waals surface area (Å²) in [5, 5.41) is 11.1. The van der Waals surface area contributed by atoms with Crippen molar-refractivity contribution in [3.05, 3.63) is 42.5 Å². The Morgan fingerprint density at radius 3 is 2.65 bits per heavy atom. The van der Waals surface area contributed by atoms with Gasteiger partial charge < -0.3 is 10.5 Å². The van der Waals surface area contributed by atoms with Gasteiger partial charge in [-0.25, -0.2) is 0 Å². The van der Waals surface area contributed by atoms with E-state index >= 15 is 0 Å². The van der Waals surface area contributed by atoms with Crippen LogP contribution >= 0.6 is 0 Å². The lowest BCUT2D eigenvalue weighted by Gasteiger charge is -2.16. The van der Waals surface area contributed by atoms with Crippen LogP contribution in [0, 0.1) is 11.3 Å². The topological polar surface area (TPSA) is 59.0 Å². The van der Waals surface area contributed by atoms with Crippen molar-refractivity contribution in [1.82, 2.24) is 0 Å². The molecule has 86 valence electrons. The maximum absolute atomic E-state index is 8.79. The monoisotopic (exact) mass is 226 g/mol. The molecule has 0 aliphatic heterocycles. The third kappa shape index (κ3) is 2.74. The van der Waals surface area contributed by atoms with Crippen LogP contribution in [0.4, 0.5) is 0 Å². The van der Waals surface area contributed by atoms with Gasteiger partial charge in [0.25, 0.3) is 0 Å². The average Bonchev–Trinajstić information content (AvgIpc) is 2.36. The summed E-state index contributed by atoms with van der Waals surface area (Å²) in [7, 11) is 0. The van der Waals surface area contributed by atoms with Gasteiger partial charge in [-0.1, -0.05) is 30.3 Å². The highest BCUT2D eigenvalue weighted by Crippen LogP contribution is 2.21. The Morgan fingerprint density at radius 1 is 1.24 bits per heavy atom. The summed E-state index contributed by atoms with van der Waals surface area (Å²) in [5.74, 6) is 0.732. The molecule has 2 N–H and O–H groups in total. The van der Waals surface area contributed by atoms with E-state index in [0.29, 0.717) is 0 Å². The van der Waals surface area contributed by atoms with E-state index in [-0.39, 0.29) is 6.61 Å². The van der Waals surface area contributed by atoms with E-state index in [9.17, 15) is 0 Å². The molecule has 0 aromatic heterocycles. The van der Waals surface area contributed by atoms with Gasteiger partial charge >= 0.3 is 0 Å². The minimum absolute atomic E-state index is 0.182. The Kier molecular flexibility index (Phi) is 2.99. The normalized spacial score (nSPS) is 13.9. The van der Waals surface area contributed by atoms with E-state index < -0.39 is 5.54 Å². The van der Waals surface area contributed by atoms with E-state index in [1.54, 1.807) is 6.92 Å². The third-order valence-electron chi connectivity index (χ3n) is 2.52. The van der Waals surface area contributed by atoms with E-state index in [4.69, 9.17) is 15.7 Å². The van der Waals surface area contributed by atoms with E-state index in [2.05, 4.69) is 0 Å². The van der Waals surface area contributed by atoms with Gasteiger partial charge in [0.05, 0.1) is 6.07 Å². The molecule has 1 unspecified atom stereocenters. The van der Waals surface area contributed by atoms with Crippen LogP contribution in [0.2, 0.25) is 0 Å². The van der Waals surface area contributed by atoms with E-state index in [0.717, 1.165) is 16.5 Å². The maximum Gasteiger partial charge on any atom is 0.135 e. The molecule has 0 heterocycles. The number of nitriles is 1. The van der Waals surface area contributed by atoms with Crippen LogP contribution < -0.4 is 10.5 Å². The number of hydrogen-bond acceptors (Lipinski definition) is 3.